The zero-order valence-electron chi connectivity index (χ0n) is 11.6. The third kappa shape index (κ3) is 3.45. The van der Waals surface area contributed by atoms with E-state index in [-0.39, 0.29) is 0 Å². The maximum Gasteiger partial charge on any atom is 0.187 e. The van der Waals surface area contributed by atoms with E-state index >= 15 is 0 Å². The van der Waals surface area contributed by atoms with Crippen molar-refractivity contribution < 1.29 is 0 Å². The molecule has 0 aliphatic carbocycles. The zero-order valence-corrected chi connectivity index (χ0v) is 11.6. The third-order valence-electron chi connectivity index (χ3n) is 3.56. The van der Waals surface area contributed by atoms with E-state index in [9.17, 15) is 0 Å². The van der Waals surface area contributed by atoms with Crippen LogP contribution < -0.4 is 0 Å². The van der Waals surface area contributed by atoms with Crippen molar-refractivity contribution in [1.29, 1.82) is 0 Å². The van der Waals surface area contributed by atoms with Crippen LogP contribution >= 0.6 is 0 Å². The lowest BCUT2D eigenvalue weighted by Crippen LogP contribution is -1.97. The fourth-order valence-corrected chi connectivity index (χ4v) is 2.11. The van der Waals surface area contributed by atoms with Crippen LogP contribution in [0.4, 0.5) is 5.69 Å². The predicted molar refractivity (Wildman–Crippen MR) is 81.3 cm³/mol. The average Bonchev–Trinajstić information content (AvgIpc) is 2.48. The highest BCUT2D eigenvalue weighted by Crippen LogP contribution is 2.23. The molecule has 1 unspecified atom stereocenters. The maximum atomic E-state index is 6.96. The first-order valence-electron chi connectivity index (χ1n) is 6.79. The molecule has 0 saturated carbocycles. The minimum atomic E-state index is 0.692. The van der Waals surface area contributed by atoms with Gasteiger partial charge in [-0.05, 0) is 29.0 Å². The average molecular weight is 249 g/mol. The Labute approximate surface area is 115 Å². The van der Waals surface area contributed by atoms with Crippen LogP contribution in [0.5, 0.6) is 0 Å². The van der Waals surface area contributed by atoms with Crippen molar-refractivity contribution in [3.63, 3.8) is 0 Å². The molecule has 0 fully saturated rings. The quantitative estimate of drug-likeness (QED) is 0.631. The smallest absolute Gasteiger partial charge is 0.187 e. The Bertz CT molecular complexity index is 558. The Balaban J connectivity index is 2.15. The van der Waals surface area contributed by atoms with Gasteiger partial charge in [-0.15, -0.1) is 0 Å². The van der Waals surface area contributed by atoms with Crippen LogP contribution in [0.1, 0.15) is 25.8 Å². The minimum absolute atomic E-state index is 0.692. The van der Waals surface area contributed by atoms with Gasteiger partial charge in [0.2, 0.25) is 0 Å². The molecule has 0 spiro atoms. The maximum absolute atomic E-state index is 6.96. The van der Waals surface area contributed by atoms with Gasteiger partial charge in [0.1, 0.15) is 0 Å². The van der Waals surface area contributed by atoms with E-state index in [0.717, 1.165) is 12.3 Å². The van der Waals surface area contributed by atoms with Crippen LogP contribution in [0.25, 0.3) is 16.0 Å². The molecule has 96 valence electrons. The van der Waals surface area contributed by atoms with Crippen molar-refractivity contribution in [2.45, 2.75) is 26.7 Å². The fraction of sp³-hybridized carbons (Fsp3) is 0.278. The molecule has 1 heteroatoms. The van der Waals surface area contributed by atoms with Crippen LogP contribution in [0, 0.1) is 12.5 Å². The molecule has 1 atom stereocenters. The summed E-state index contributed by atoms with van der Waals surface area (Å²) < 4.78 is 0. The van der Waals surface area contributed by atoms with Crippen LogP contribution in [0.15, 0.2) is 48.5 Å². The monoisotopic (exact) mass is 249 g/mol. The Hall–Kier alpha value is -2.07. The van der Waals surface area contributed by atoms with Crippen LogP contribution in [-0.4, -0.2) is 0 Å². The summed E-state index contributed by atoms with van der Waals surface area (Å²) in [5.41, 5.74) is 4.47. The van der Waals surface area contributed by atoms with Crippen molar-refractivity contribution in [1.82, 2.24) is 0 Å². The summed E-state index contributed by atoms with van der Waals surface area (Å²) in [5.74, 6) is 0.740. The molecule has 0 aromatic heterocycles. The summed E-state index contributed by atoms with van der Waals surface area (Å²) in [7, 11) is 0. The lowest BCUT2D eigenvalue weighted by Gasteiger charge is -2.09. The van der Waals surface area contributed by atoms with Gasteiger partial charge in [0.25, 0.3) is 0 Å². The Morgan fingerprint density at radius 1 is 0.947 bits per heavy atom. The first-order valence-corrected chi connectivity index (χ1v) is 6.79. The first-order chi connectivity index (χ1) is 9.22. The lowest BCUT2D eigenvalue weighted by atomic mass is 9.97. The van der Waals surface area contributed by atoms with Gasteiger partial charge in [-0.25, -0.2) is 4.85 Å². The summed E-state index contributed by atoms with van der Waals surface area (Å²) in [5, 5.41) is 0. The normalized spacial score (nSPS) is 11.8. The van der Waals surface area contributed by atoms with Gasteiger partial charge in [0, 0.05) is 0 Å². The Morgan fingerprint density at radius 2 is 1.47 bits per heavy atom. The second-order valence-corrected chi connectivity index (χ2v) is 5.07. The molecular weight excluding hydrogens is 230 g/mol. The molecule has 2 aromatic rings. The standard InChI is InChI=1S/C18H19N/c1-4-14(2)13-15-5-7-16(8-6-15)17-9-11-18(19-3)12-10-17/h5-12,14H,4,13H2,1-2H3. The molecule has 0 N–H and O–H groups in total. The molecule has 2 aromatic carbocycles. The van der Waals surface area contributed by atoms with E-state index in [1.54, 1.807) is 0 Å². The summed E-state index contributed by atoms with van der Waals surface area (Å²) >= 11 is 0. The molecule has 19 heavy (non-hydrogen) atoms. The topological polar surface area (TPSA) is 4.36 Å². The molecule has 0 aliphatic rings. The molecule has 0 bridgehead atoms. The summed E-state index contributed by atoms with van der Waals surface area (Å²) in [4.78, 5) is 3.41. The highest BCUT2D eigenvalue weighted by Gasteiger charge is 2.02. The SMILES string of the molecule is [C-]#[N+]c1ccc(-c2ccc(CC(C)CC)cc2)cc1. The largest absolute Gasteiger partial charge is 0.238 e. The number of benzene rings is 2. The fourth-order valence-electron chi connectivity index (χ4n) is 2.11. The highest BCUT2D eigenvalue weighted by atomic mass is 14.6. The highest BCUT2D eigenvalue weighted by molar-refractivity contribution is 5.66. The number of nitrogens with zero attached hydrogens (tertiary/aromatic N) is 1. The molecular formula is C18H19N. The van der Waals surface area contributed by atoms with Gasteiger partial charge in [-0.3, -0.25) is 0 Å². The molecule has 0 saturated heterocycles. The van der Waals surface area contributed by atoms with Gasteiger partial charge in [-0.1, -0.05) is 68.8 Å². The molecule has 2 rings (SSSR count). The van der Waals surface area contributed by atoms with Gasteiger partial charge < -0.3 is 0 Å². The van der Waals surface area contributed by atoms with E-state index in [2.05, 4.69) is 43.0 Å². The minimum Gasteiger partial charge on any atom is -0.238 e. The van der Waals surface area contributed by atoms with Crippen LogP contribution in [-0.2, 0) is 6.42 Å². The number of rotatable bonds is 4. The third-order valence-corrected chi connectivity index (χ3v) is 3.56. The van der Waals surface area contributed by atoms with Gasteiger partial charge in [0.05, 0.1) is 6.57 Å². The van der Waals surface area contributed by atoms with Crippen LogP contribution in [0.3, 0.4) is 0 Å². The summed E-state index contributed by atoms with van der Waals surface area (Å²) in [6.07, 6.45) is 2.37. The van der Waals surface area contributed by atoms with Crippen molar-refractivity contribution in [3.8, 4) is 11.1 Å². The Kier molecular flexibility index (Phi) is 4.36. The van der Waals surface area contributed by atoms with Crippen molar-refractivity contribution in [3.05, 3.63) is 65.5 Å². The van der Waals surface area contributed by atoms with Gasteiger partial charge in [0.15, 0.2) is 5.69 Å². The molecule has 1 nitrogen and oxygen atoms in total. The lowest BCUT2D eigenvalue weighted by molar-refractivity contribution is 0.560. The van der Waals surface area contributed by atoms with Crippen LogP contribution in [0.2, 0.25) is 0 Å². The van der Waals surface area contributed by atoms with E-state index in [1.165, 1.54) is 23.1 Å². The van der Waals surface area contributed by atoms with Crippen molar-refractivity contribution in [2.24, 2.45) is 5.92 Å². The van der Waals surface area contributed by atoms with E-state index < -0.39 is 0 Å². The molecule has 0 heterocycles. The molecule has 0 amide bonds. The van der Waals surface area contributed by atoms with Crippen molar-refractivity contribution in [2.75, 3.05) is 0 Å². The molecule has 0 radical (unpaired) electrons. The zero-order chi connectivity index (χ0) is 13.7. The van der Waals surface area contributed by atoms with Gasteiger partial charge in [-0.2, -0.15) is 0 Å². The Morgan fingerprint density at radius 3 is 1.95 bits per heavy atom. The molecule has 0 aliphatic heterocycles. The predicted octanol–water partition coefficient (Wildman–Crippen LogP) is 5.49. The van der Waals surface area contributed by atoms with Crippen molar-refractivity contribution >= 4 is 5.69 Å². The number of hydrogen-bond donors (Lipinski definition) is 0. The summed E-state index contributed by atoms with van der Waals surface area (Å²) in [6.45, 7) is 11.5. The second kappa shape index (κ2) is 6.20. The first kappa shape index (κ1) is 13.4. The summed E-state index contributed by atoms with van der Waals surface area (Å²) in [6, 6.07) is 16.5. The van der Waals surface area contributed by atoms with E-state index in [1.807, 2.05) is 24.3 Å². The van der Waals surface area contributed by atoms with E-state index in [0.29, 0.717) is 5.69 Å². The van der Waals surface area contributed by atoms with Gasteiger partial charge >= 0.3 is 0 Å². The van der Waals surface area contributed by atoms with E-state index in [4.69, 9.17) is 6.57 Å². The number of hydrogen-bond acceptors (Lipinski definition) is 0. The second-order valence-electron chi connectivity index (χ2n) is 5.07.